The van der Waals surface area contributed by atoms with E-state index in [4.69, 9.17) is 5.73 Å². The lowest BCUT2D eigenvalue weighted by Gasteiger charge is -2.17. The number of hydrogen-bond acceptors (Lipinski definition) is 5. The number of carbonyl (C=O) groups excluding carboxylic acids is 1. The Morgan fingerprint density at radius 3 is 2.68 bits per heavy atom. The van der Waals surface area contributed by atoms with E-state index in [1.165, 1.54) is 0 Å². The van der Waals surface area contributed by atoms with Crippen LogP contribution in [0.3, 0.4) is 0 Å². The van der Waals surface area contributed by atoms with Crippen LogP contribution in [-0.4, -0.2) is 25.8 Å². The molecule has 0 saturated carbocycles. The van der Waals surface area contributed by atoms with Crippen molar-refractivity contribution < 1.29 is 9.00 Å². The average Bonchev–Trinajstić information content (AvgIpc) is 2.84. The van der Waals surface area contributed by atoms with Crippen molar-refractivity contribution in [3.8, 4) is 0 Å². The van der Waals surface area contributed by atoms with E-state index in [0.717, 1.165) is 5.56 Å². The molecule has 1 aliphatic rings. The molecule has 1 aliphatic heterocycles. The number of nitrogens with zero attached hydrogens (tertiary/aromatic N) is 3. The summed E-state index contributed by atoms with van der Waals surface area (Å²) in [5, 5.41) is 0.187. The minimum atomic E-state index is -1.31. The minimum absolute atomic E-state index is 0.0701. The zero-order chi connectivity index (χ0) is 15.7. The molecule has 22 heavy (non-hydrogen) atoms. The van der Waals surface area contributed by atoms with Crippen molar-refractivity contribution in [1.29, 1.82) is 0 Å². The van der Waals surface area contributed by atoms with Crippen LogP contribution >= 0.6 is 0 Å². The molecule has 3 rings (SSSR count). The summed E-state index contributed by atoms with van der Waals surface area (Å²) in [6, 6.07) is 9.65. The molecule has 0 bridgehead atoms. The molecule has 7 heteroatoms. The molecule has 1 unspecified atom stereocenters. The quantitative estimate of drug-likeness (QED) is 0.858. The van der Waals surface area contributed by atoms with Gasteiger partial charge < -0.3 is 5.73 Å². The summed E-state index contributed by atoms with van der Waals surface area (Å²) in [5.41, 5.74) is 7.54. The Kier molecular flexibility index (Phi) is 3.89. The normalized spacial score (nSPS) is 15.0. The van der Waals surface area contributed by atoms with Crippen LogP contribution in [0.4, 0.5) is 11.6 Å². The van der Waals surface area contributed by atoms with Gasteiger partial charge in [0.05, 0.1) is 23.8 Å². The monoisotopic (exact) mass is 316 g/mol. The molecule has 1 aromatic carbocycles. The van der Waals surface area contributed by atoms with E-state index in [1.54, 1.807) is 11.8 Å². The number of carbonyl (C=O) groups is 1. The van der Waals surface area contributed by atoms with Gasteiger partial charge in [-0.1, -0.05) is 37.3 Å². The van der Waals surface area contributed by atoms with E-state index < -0.39 is 10.8 Å². The Labute approximate surface area is 130 Å². The van der Waals surface area contributed by atoms with Gasteiger partial charge in [0.2, 0.25) is 11.1 Å². The summed E-state index contributed by atoms with van der Waals surface area (Å²) in [5.74, 6) is 1.06. The summed E-state index contributed by atoms with van der Waals surface area (Å²) in [7, 11) is -1.31. The fraction of sp³-hybridized carbons (Fsp3) is 0.267. The predicted octanol–water partition coefficient (Wildman–Crippen LogP) is 1.28. The smallest absolute Gasteiger partial charge is 0.233 e. The summed E-state index contributed by atoms with van der Waals surface area (Å²) in [6.45, 7) is 2.21. The summed E-state index contributed by atoms with van der Waals surface area (Å²) >= 11 is 0. The Hall–Kier alpha value is -2.28. The fourth-order valence-electron chi connectivity index (χ4n) is 2.39. The maximum absolute atomic E-state index is 12.3. The summed E-state index contributed by atoms with van der Waals surface area (Å²) in [4.78, 5) is 22.3. The highest BCUT2D eigenvalue weighted by Gasteiger charge is 2.32. The molecule has 2 aromatic rings. The molecule has 6 nitrogen and oxygen atoms in total. The van der Waals surface area contributed by atoms with Crippen LogP contribution in [0.5, 0.6) is 0 Å². The van der Waals surface area contributed by atoms with Crippen LogP contribution in [0.1, 0.15) is 18.1 Å². The van der Waals surface area contributed by atoms with Crippen molar-refractivity contribution in [3.63, 3.8) is 0 Å². The second-order valence-corrected chi connectivity index (χ2v) is 6.60. The van der Waals surface area contributed by atoms with Gasteiger partial charge in [-0.05, 0) is 5.56 Å². The third-order valence-electron chi connectivity index (χ3n) is 3.53. The predicted molar refractivity (Wildman–Crippen MR) is 84.7 cm³/mol. The van der Waals surface area contributed by atoms with Gasteiger partial charge >= 0.3 is 0 Å². The molecule has 114 valence electrons. The van der Waals surface area contributed by atoms with Crippen molar-refractivity contribution in [3.05, 3.63) is 41.5 Å². The third-order valence-corrected chi connectivity index (χ3v) is 4.65. The SMILES string of the molecule is CCS(=O)c1nc(N)c2c(n1)N(Cc1ccccc1)C(=O)C2. The van der Waals surface area contributed by atoms with Crippen molar-refractivity contribution in [2.24, 2.45) is 0 Å². The highest BCUT2D eigenvalue weighted by molar-refractivity contribution is 7.84. The standard InChI is InChI=1S/C15H16N4O2S/c1-2-22(21)15-17-13(16)11-8-12(20)19(14(11)18-15)9-10-6-4-3-5-7-10/h3-7H,2,8-9H2,1H3,(H2,16,17,18). The van der Waals surface area contributed by atoms with Crippen LogP contribution in [0.15, 0.2) is 35.5 Å². The number of nitrogen functional groups attached to an aromatic ring is 1. The Balaban J connectivity index is 2.00. The average molecular weight is 316 g/mol. The van der Waals surface area contributed by atoms with E-state index >= 15 is 0 Å². The molecule has 0 saturated heterocycles. The molecule has 1 atom stereocenters. The number of anilines is 2. The van der Waals surface area contributed by atoms with Crippen molar-refractivity contribution in [2.45, 2.75) is 25.0 Å². The summed E-state index contributed by atoms with van der Waals surface area (Å²) < 4.78 is 11.9. The zero-order valence-corrected chi connectivity index (χ0v) is 13.0. The van der Waals surface area contributed by atoms with Crippen LogP contribution < -0.4 is 10.6 Å². The number of benzene rings is 1. The maximum Gasteiger partial charge on any atom is 0.233 e. The van der Waals surface area contributed by atoms with E-state index in [9.17, 15) is 9.00 Å². The highest BCUT2D eigenvalue weighted by Crippen LogP contribution is 2.32. The lowest BCUT2D eigenvalue weighted by atomic mass is 10.2. The first-order valence-corrected chi connectivity index (χ1v) is 8.31. The minimum Gasteiger partial charge on any atom is -0.383 e. The molecule has 1 amide bonds. The molecule has 1 aromatic heterocycles. The first-order valence-electron chi connectivity index (χ1n) is 6.99. The van der Waals surface area contributed by atoms with Crippen LogP contribution in [-0.2, 0) is 28.6 Å². The van der Waals surface area contributed by atoms with Crippen molar-refractivity contribution in [2.75, 3.05) is 16.4 Å². The van der Waals surface area contributed by atoms with Crippen LogP contribution in [0, 0.1) is 0 Å². The number of amides is 1. The molecule has 2 N–H and O–H groups in total. The van der Waals surface area contributed by atoms with E-state index in [-0.39, 0.29) is 23.3 Å². The van der Waals surface area contributed by atoms with E-state index in [1.807, 2.05) is 30.3 Å². The molecule has 0 radical (unpaired) electrons. The zero-order valence-electron chi connectivity index (χ0n) is 12.2. The van der Waals surface area contributed by atoms with Gasteiger partial charge in [0, 0.05) is 11.3 Å². The molecule has 0 spiro atoms. The van der Waals surface area contributed by atoms with Gasteiger partial charge in [-0.25, -0.2) is 9.97 Å². The van der Waals surface area contributed by atoms with Crippen LogP contribution in [0.25, 0.3) is 0 Å². The Morgan fingerprint density at radius 1 is 1.27 bits per heavy atom. The van der Waals surface area contributed by atoms with Gasteiger partial charge in [-0.2, -0.15) is 0 Å². The topological polar surface area (TPSA) is 89.2 Å². The lowest BCUT2D eigenvalue weighted by Crippen LogP contribution is -2.26. The number of fused-ring (bicyclic) bond motifs is 1. The second-order valence-electron chi connectivity index (χ2n) is 4.97. The molecule has 0 fully saturated rings. The Bertz CT molecular complexity index is 749. The van der Waals surface area contributed by atoms with E-state index in [2.05, 4.69) is 9.97 Å². The number of aromatic nitrogens is 2. The molecular weight excluding hydrogens is 300 g/mol. The van der Waals surface area contributed by atoms with Crippen LogP contribution in [0.2, 0.25) is 0 Å². The number of nitrogens with two attached hydrogens (primary N) is 1. The van der Waals surface area contributed by atoms with Crippen molar-refractivity contribution >= 4 is 28.3 Å². The Morgan fingerprint density at radius 2 is 2.00 bits per heavy atom. The summed E-state index contributed by atoms with van der Waals surface area (Å²) in [6.07, 6.45) is 0.188. The molecule has 2 heterocycles. The van der Waals surface area contributed by atoms with Gasteiger partial charge in [0.1, 0.15) is 11.6 Å². The van der Waals surface area contributed by atoms with E-state index in [0.29, 0.717) is 23.7 Å². The molecular formula is C15H16N4O2S. The first kappa shape index (κ1) is 14.6. The van der Waals surface area contributed by atoms with Gasteiger partial charge in [-0.3, -0.25) is 13.9 Å². The third kappa shape index (κ3) is 2.59. The number of rotatable bonds is 4. The molecule has 0 aliphatic carbocycles. The van der Waals surface area contributed by atoms with Gasteiger partial charge in [0.15, 0.2) is 0 Å². The first-order chi connectivity index (χ1) is 10.6. The maximum atomic E-state index is 12.3. The van der Waals surface area contributed by atoms with Crippen molar-refractivity contribution in [1.82, 2.24) is 9.97 Å². The number of hydrogen-bond donors (Lipinski definition) is 1. The van der Waals surface area contributed by atoms with Gasteiger partial charge in [-0.15, -0.1) is 0 Å². The second kappa shape index (κ2) is 5.84. The fourth-order valence-corrected chi connectivity index (χ4v) is 3.03. The highest BCUT2D eigenvalue weighted by atomic mass is 32.2. The van der Waals surface area contributed by atoms with Gasteiger partial charge in [0.25, 0.3) is 0 Å². The lowest BCUT2D eigenvalue weighted by molar-refractivity contribution is -0.117. The largest absolute Gasteiger partial charge is 0.383 e.